The number of hydrogen-bond acceptors (Lipinski definition) is 3. The van der Waals surface area contributed by atoms with Crippen LogP contribution in [0.1, 0.15) is 44.4 Å². The van der Waals surface area contributed by atoms with Crippen molar-refractivity contribution in [1.82, 2.24) is 9.88 Å². The third-order valence-electron chi connectivity index (χ3n) is 4.53. The summed E-state index contributed by atoms with van der Waals surface area (Å²) < 4.78 is 0. The number of carbonyl (C=O) groups excluding carboxylic acids is 1. The van der Waals surface area contributed by atoms with Crippen LogP contribution in [-0.2, 0) is 17.8 Å². The molecule has 1 aliphatic heterocycles. The number of amides is 1. The first kappa shape index (κ1) is 16.0. The molecule has 0 bridgehead atoms. The number of fused-ring (bicyclic) bond motifs is 1. The minimum absolute atomic E-state index is 0.271. The van der Waals surface area contributed by atoms with Crippen molar-refractivity contribution in [3.05, 3.63) is 29.6 Å². The Balaban J connectivity index is 1.87. The molecule has 0 saturated heterocycles. The highest BCUT2D eigenvalue weighted by molar-refractivity contribution is 5.76. The highest BCUT2D eigenvalue weighted by Gasteiger charge is 2.22. The van der Waals surface area contributed by atoms with E-state index in [0.29, 0.717) is 31.3 Å². The highest BCUT2D eigenvalue weighted by Crippen LogP contribution is 2.22. The maximum atomic E-state index is 12.4. The molecule has 2 heterocycles. The molecule has 1 unspecified atom stereocenters. The summed E-state index contributed by atoms with van der Waals surface area (Å²) in [7, 11) is 0. The van der Waals surface area contributed by atoms with E-state index in [-0.39, 0.29) is 5.91 Å². The smallest absolute Gasteiger partial charge is 0.222 e. The van der Waals surface area contributed by atoms with Gasteiger partial charge in [0.1, 0.15) is 0 Å². The average molecular weight is 289 g/mol. The Labute approximate surface area is 127 Å². The molecule has 0 fully saturated rings. The summed E-state index contributed by atoms with van der Waals surface area (Å²) in [4.78, 5) is 18.8. The molecule has 4 heteroatoms. The quantitative estimate of drug-likeness (QED) is 0.874. The number of aromatic nitrogens is 1. The minimum atomic E-state index is 0.271. The zero-order valence-corrected chi connectivity index (χ0v) is 13.2. The summed E-state index contributed by atoms with van der Waals surface area (Å²) in [5.41, 5.74) is 8.00. The highest BCUT2D eigenvalue weighted by atomic mass is 16.2. The molecular formula is C17H27N3O. The summed E-state index contributed by atoms with van der Waals surface area (Å²) in [5, 5.41) is 0. The van der Waals surface area contributed by atoms with E-state index in [0.717, 1.165) is 31.5 Å². The van der Waals surface area contributed by atoms with E-state index in [1.54, 1.807) is 0 Å². The van der Waals surface area contributed by atoms with Crippen LogP contribution in [0.3, 0.4) is 0 Å². The lowest BCUT2D eigenvalue weighted by Gasteiger charge is -2.29. The summed E-state index contributed by atoms with van der Waals surface area (Å²) in [6.45, 7) is 6.65. The first-order valence-corrected chi connectivity index (χ1v) is 8.02. The second-order valence-electron chi connectivity index (χ2n) is 6.29. The topological polar surface area (TPSA) is 59.2 Å². The van der Waals surface area contributed by atoms with Crippen LogP contribution in [0.2, 0.25) is 0 Å². The zero-order valence-electron chi connectivity index (χ0n) is 13.2. The normalized spacial score (nSPS) is 15.9. The third-order valence-corrected chi connectivity index (χ3v) is 4.53. The van der Waals surface area contributed by atoms with Crippen molar-refractivity contribution in [3.63, 3.8) is 0 Å². The Bertz CT molecular complexity index is 473. The molecule has 0 spiro atoms. The average Bonchev–Trinajstić information content (AvgIpc) is 2.50. The van der Waals surface area contributed by atoms with Gasteiger partial charge in [0.2, 0.25) is 5.91 Å². The standard InChI is InChI=1S/C17H27N3O/c1-13(2)14(7-9-18)5-6-17(21)20-11-8-16-15(12-20)4-3-10-19-16/h3-4,10,13-14H,5-9,11-12,18H2,1-2H3. The van der Waals surface area contributed by atoms with Gasteiger partial charge < -0.3 is 10.6 Å². The van der Waals surface area contributed by atoms with Crippen LogP contribution in [0.4, 0.5) is 0 Å². The van der Waals surface area contributed by atoms with E-state index < -0.39 is 0 Å². The number of nitrogens with zero attached hydrogens (tertiary/aromatic N) is 2. The first-order chi connectivity index (χ1) is 10.1. The maximum absolute atomic E-state index is 12.4. The van der Waals surface area contributed by atoms with Crippen molar-refractivity contribution >= 4 is 5.91 Å². The maximum Gasteiger partial charge on any atom is 0.222 e. The molecule has 0 radical (unpaired) electrons. The predicted molar refractivity (Wildman–Crippen MR) is 84.6 cm³/mol. The Hall–Kier alpha value is -1.42. The van der Waals surface area contributed by atoms with E-state index in [1.807, 2.05) is 17.2 Å². The lowest BCUT2D eigenvalue weighted by Crippen LogP contribution is -2.36. The molecule has 116 valence electrons. The molecule has 0 saturated carbocycles. The minimum Gasteiger partial charge on any atom is -0.338 e. The van der Waals surface area contributed by atoms with E-state index in [2.05, 4.69) is 24.9 Å². The second-order valence-corrected chi connectivity index (χ2v) is 6.29. The second kappa shape index (κ2) is 7.55. The van der Waals surface area contributed by atoms with Crippen LogP contribution in [0, 0.1) is 11.8 Å². The first-order valence-electron chi connectivity index (χ1n) is 8.02. The largest absolute Gasteiger partial charge is 0.338 e. The van der Waals surface area contributed by atoms with Gasteiger partial charge in [-0.15, -0.1) is 0 Å². The van der Waals surface area contributed by atoms with Gasteiger partial charge in [-0.3, -0.25) is 9.78 Å². The molecule has 4 nitrogen and oxygen atoms in total. The molecule has 1 aromatic heterocycles. The van der Waals surface area contributed by atoms with Crippen LogP contribution in [0.15, 0.2) is 18.3 Å². The van der Waals surface area contributed by atoms with Gasteiger partial charge in [0, 0.05) is 37.8 Å². The SMILES string of the molecule is CC(C)C(CCN)CCC(=O)N1CCc2ncccc2C1. The van der Waals surface area contributed by atoms with Gasteiger partial charge in [-0.25, -0.2) is 0 Å². The molecule has 1 aliphatic rings. The van der Waals surface area contributed by atoms with Crippen molar-refractivity contribution in [2.75, 3.05) is 13.1 Å². The van der Waals surface area contributed by atoms with Crippen molar-refractivity contribution in [3.8, 4) is 0 Å². The molecule has 2 N–H and O–H groups in total. The molecule has 1 amide bonds. The van der Waals surface area contributed by atoms with E-state index in [9.17, 15) is 4.79 Å². The van der Waals surface area contributed by atoms with Crippen molar-refractivity contribution in [2.45, 2.75) is 46.1 Å². The number of rotatable bonds is 6. The fourth-order valence-electron chi connectivity index (χ4n) is 3.07. The molecule has 1 aromatic rings. The van der Waals surface area contributed by atoms with Crippen molar-refractivity contribution in [1.29, 1.82) is 0 Å². The Morgan fingerprint density at radius 1 is 1.43 bits per heavy atom. The van der Waals surface area contributed by atoms with Gasteiger partial charge in [0.15, 0.2) is 0 Å². The lowest BCUT2D eigenvalue weighted by atomic mass is 9.88. The van der Waals surface area contributed by atoms with Crippen molar-refractivity contribution < 1.29 is 4.79 Å². The fraction of sp³-hybridized carbons (Fsp3) is 0.647. The number of nitrogens with two attached hydrogens (primary N) is 1. The predicted octanol–water partition coefficient (Wildman–Crippen LogP) is 2.37. The van der Waals surface area contributed by atoms with E-state index in [4.69, 9.17) is 5.73 Å². The van der Waals surface area contributed by atoms with Gasteiger partial charge in [0.05, 0.1) is 0 Å². The summed E-state index contributed by atoms with van der Waals surface area (Å²) in [5.74, 6) is 1.41. The van der Waals surface area contributed by atoms with Gasteiger partial charge >= 0.3 is 0 Å². The van der Waals surface area contributed by atoms with Crippen LogP contribution < -0.4 is 5.73 Å². The Morgan fingerprint density at radius 3 is 2.95 bits per heavy atom. The third kappa shape index (κ3) is 4.27. The zero-order chi connectivity index (χ0) is 15.2. The Kier molecular flexibility index (Phi) is 5.74. The summed E-state index contributed by atoms with van der Waals surface area (Å²) in [6.07, 6.45) is 5.30. The molecule has 1 atom stereocenters. The molecule has 0 aliphatic carbocycles. The van der Waals surface area contributed by atoms with Crippen molar-refractivity contribution in [2.24, 2.45) is 17.6 Å². The van der Waals surface area contributed by atoms with E-state index >= 15 is 0 Å². The van der Waals surface area contributed by atoms with Gasteiger partial charge in [-0.2, -0.15) is 0 Å². The van der Waals surface area contributed by atoms with Crippen LogP contribution in [0.25, 0.3) is 0 Å². The monoisotopic (exact) mass is 289 g/mol. The number of pyridine rings is 1. The molecule has 0 aromatic carbocycles. The molecule has 2 rings (SSSR count). The fourth-order valence-corrected chi connectivity index (χ4v) is 3.07. The van der Waals surface area contributed by atoms with Crippen LogP contribution >= 0.6 is 0 Å². The van der Waals surface area contributed by atoms with Gasteiger partial charge in [-0.05, 0) is 42.9 Å². The lowest BCUT2D eigenvalue weighted by molar-refractivity contribution is -0.132. The van der Waals surface area contributed by atoms with Gasteiger partial charge in [-0.1, -0.05) is 19.9 Å². The van der Waals surface area contributed by atoms with E-state index in [1.165, 1.54) is 5.56 Å². The molecular weight excluding hydrogens is 262 g/mol. The van der Waals surface area contributed by atoms with Gasteiger partial charge in [0.25, 0.3) is 0 Å². The Morgan fingerprint density at radius 2 is 2.24 bits per heavy atom. The number of carbonyl (C=O) groups is 1. The molecule has 21 heavy (non-hydrogen) atoms. The summed E-state index contributed by atoms with van der Waals surface area (Å²) >= 11 is 0. The van der Waals surface area contributed by atoms with Crippen LogP contribution in [-0.4, -0.2) is 28.9 Å². The summed E-state index contributed by atoms with van der Waals surface area (Å²) in [6, 6.07) is 4.02. The van der Waals surface area contributed by atoms with Crippen LogP contribution in [0.5, 0.6) is 0 Å². The number of hydrogen-bond donors (Lipinski definition) is 1.